The molecule has 2 aromatic rings. The monoisotopic (exact) mass is 363 g/mol. The van der Waals surface area contributed by atoms with Gasteiger partial charge in [-0.2, -0.15) is 0 Å². The lowest BCUT2D eigenvalue weighted by molar-refractivity contribution is 0.414. The molecule has 0 radical (unpaired) electrons. The SMILES string of the molecule is COc1ccc(CCCNC(C)CCc2ccc(OC)cc2)cc1.Cl. The first kappa shape index (κ1) is 21.3. The van der Waals surface area contributed by atoms with Crippen molar-refractivity contribution in [2.75, 3.05) is 20.8 Å². The van der Waals surface area contributed by atoms with Crippen LogP contribution < -0.4 is 14.8 Å². The summed E-state index contributed by atoms with van der Waals surface area (Å²) < 4.78 is 10.4. The van der Waals surface area contributed by atoms with Gasteiger partial charge in [0.15, 0.2) is 0 Å². The van der Waals surface area contributed by atoms with E-state index in [1.807, 2.05) is 24.3 Å². The zero-order chi connectivity index (χ0) is 17.2. The second-order valence-corrected chi connectivity index (χ2v) is 6.19. The quantitative estimate of drug-likeness (QED) is 0.622. The van der Waals surface area contributed by atoms with E-state index in [1.54, 1.807) is 14.2 Å². The van der Waals surface area contributed by atoms with E-state index in [1.165, 1.54) is 11.1 Å². The predicted octanol–water partition coefficient (Wildman–Crippen LogP) is 4.67. The largest absolute Gasteiger partial charge is 0.497 e. The Morgan fingerprint density at radius 1 is 0.800 bits per heavy atom. The summed E-state index contributed by atoms with van der Waals surface area (Å²) in [7, 11) is 3.40. The Morgan fingerprint density at radius 2 is 1.28 bits per heavy atom. The molecule has 0 bridgehead atoms. The molecule has 0 aliphatic rings. The van der Waals surface area contributed by atoms with Gasteiger partial charge in [0.2, 0.25) is 0 Å². The molecule has 1 unspecified atom stereocenters. The van der Waals surface area contributed by atoms with Gasteiger partial charge in [-0.1, -0.05) is 24.3 Å². The fraction of sp³-hybridized carbons (Fsp3) is 0.429. The van der Waals surface area contributed by atoms with Crippen molar-refractivity contribution in [1.82, 2.24) is 5.32 Å². The summed E-state index contributed by atoms with van der Waals surface area (Å²) in [5, 5.41) is 3.62. The van der Waals surface area contributed by atoms with Crippen molar-refractivity contribution < 1.29 is 9.47 Å². The molecule has 0 fully saturated rings. The van der Waals surface area contributed by atoms with Gasteiger partial charge in [0.25, 0.3) is 0 Å². The van der Waals surface area contributed by atoms with Crippen molar-refractivity contribution >= 4 is 12.4 Å². The van der Waals surface area contributed by atoms with E-state index in [0.717, 1.165) is 43.7 Å². The summed E-state index contributed by atoms with van der Waals surface area (Å²) in [5.74, 6) is 1.84. The summed E-state index contributed by atoms with van der Waals surface area (Å²) in [6.07, 6.45) is 4.49. The number of aryl methyl sites for hydroxylation is 2. The summed E-state index contributed by atoms with van der Waals surface area (Å²) in [6.45, 7) is 3.31. The van der Waals surface area contributed by atoms with Gasteiger partial charge in [-0.15, -0.1) is 12.4 Å². The van der Waals surface area contributed by atoms with E-state index in [-0.39, 0.29) is 12.4 Å². The highest BCUT2D eigenvalue weighted by atomic mass is 35.5. The highest BCUT2D eigenvalue weighted by Crippen LogP contribution is 2.14. The van der Waals surface area contributed by atoms with Gasteiger partial charge < -0.3 is 14.8 Å². The normalized spacial score (nSPS) is 11.5. The van der Waals surface area contributed by atoms with E-state index in [2.05, 4.69) is 36.5 Å². The highest BCUT2D eigenvalue weighted by molar-refractivity contribution is 5.85. The zero-order valence-electron chi connectivity index (χ0n) is 15.5. The van der Waals surface area contributed by atoms with Gasteiger partial charge in [0.05, 0.1) is 14.2 Å². The Balaban J connectivity index is 0.00000312. The third-order valence-electron chi connectivity index (χ3n) is 4.32. The molecule has 2 rings (SSSR count). The van der Waals surface area contributed by atoms with Crippen molar-refractivity contribution in [3.8, 4) is 11.5 Å². The molecule has 0 heterocycles. The molecule has 0 amide bonds. The molecule has 2 aromatic carbocycles. The molecule has 4 heteroatoms. The van der Waals surface area contributed by atoms with E-state index in [4.69, 9.17) is 9.47 Å². The van der Waals surface area contributed by atoms with Crippen LogP contribution in [0.4, 0.5) is 0 Å². The molecule has 0 aliphatic heterocycles. The lowest BCUT2D eigenvalue weighted by atomic mass is 10.1. The summed E-state index contributed by atoms with van der Waals surface area (Å²) in [5.41, 5.74) is 2.73. The minimum atomic E-state index is 0. The summed E-state index contributed by atoms with van der Waals surface area (Å²) in [6, 6.07) is 17.2. The van der Waals surface area contributed by atoms with Crippen molar-refractivity contribution in [2.45, 2.75) is 38.6 Å². The van der Waals surface area contributed by atoms with Crippen molar-refractivity contribution in [1.29, 1.82) is 0 Å². The van der Waals surface area contributed by atoms with E-state index >= 15 is 0 Å². The average Bonchev–Trinajstić information content (AvgIpc) is 2.64. The van der Waals surface area contributed by atoms with E-state index < -0.39 is 0 Å². The fourth-order valence-corrected chi connectivity index (χ4v) is 2.71. The van der Waals surface area contributed by atoms with E-state index in [9.17, 15) is 0 Å². The number of hydrogen-bond donors (Lipinski definition) is 1. The molecule has 0 aromatic heterocycles. The standard InChI is InChI=1S/C21H29NO2.ClH/c1-17(6-7-19-10-14-21(24-3)15-11-19)22-16-4-5-18-8-12-20(23-2)13-9-18;/h8-15,17,22H,4-7,16H2,1-3H3;1H. The molecule has 1 N–H and O–H groups in total. The number of ether oxygens (including phenoxy) is 2. The molecule has 3 nitrogen and oxygen atoms in total. The Kier molecular flexibility index (Phi) is 10.0. The minimum absolute atomic E-state index is 0. The van der Waals surface area contributed by atoms with E-state index in [0.29, 0.717) is 6.04 Å². The van der Waals surface area contributed by atoms with Crippen LogP contribution in [0.25, 0.3) is 0 Å². The van der Waals surface area contributed by atoms with Crippen LogP contribution >= 0.6 is 12.4 Å². The van der Waals surface area contributed by atoms with Crippen LogP contribution in [0.3, 0.4) is 0 Å². The van der Waals surface area contributed by atoms with Crippen molar-refractivity contribution in [3.05, 3.63) is 59.7 Å². The summed E-state index contributed by atoms with van der Waals surface area (Å²) in [4.78, 5) is 0. The van der Waals surface area contributed by atoms with Crippen molar-refractivity contribution in [2.24, 2.45) is 0 Å². The molecule has 0 saturated heterocycles. The molecule has 25 heavy (non-hydrogen) atoms. The third-order valence-corrected chi connectivity index (χ3v) is 4.32. The first-order valence-electron chi connectivity index (χ1n) is 8.70. The van der Waals surface area contributed by atoms with Gasteiger partial charge in [-0.05, 0) is 74.5 Å². The molecule has 1 atom stereocenters. The minimum Gasteiger partial charge on any atom is -0.497 e. The topological polar surface area (TPSA) is 30.5 Å². The Morgan fingerprint density at radius 3 is 1.76 bits per heavy atom. The maximum atomic E-state index is 5.19. The second-order valence-electron chi connectivity index (χ2n) is 6.19. The van der Waals surface area contributed by atoms with Crippen LogP contribution in [0.5, 0.6) is 11.5 Å². The van der Waals surface area contributed by atoms with Gasteiger partial charge >= 0.3 is 0 Å². The zero-order valence-corrected chi connectivity index (χ0v) is 16.3. The lowest BCUT2D eigenvalue weighted by Crippen LogP contribution is -2.27. The Bertz CT molecular complexity index is 584. The van der Waals surface area contributed by atoms with Crippen LogP contribution in [0, 0.1) is 0 Å². The molecule has 0 spiro atoms. The summed E-state index contributed by atoms with van der Waals surface area (Å²) >= 11 is 0. The number of nitrogens with one attached hydrogen (secondary N) is 1. The van der Waals surface area contributed by atoms with Crippen LogP contribution in [-0.4, -0.2) is 26.8 Å². The highest BCUT2D eigenvalue weighted by Gasteiger charge is 2.03. The van der Waals surface area contributed by atoms with Crippen LogP contribution in [-0.2, 0) is 12.8 Å². The van der Waals surface area contributed by atoms with Crippen LogP contribution in [0.15, 0.2) is 48.5 Å². The number of halogens is 1. The predicted molar refractivity (Wildman–Crippen MR) is 107 cm³/mol. The van der Waals surface area contributed by atoms with Gasteiger partial charge in [0, 0.05) is 6.04 Å². The van der Waals surface area contributed by atoms with Crippen LogP contribution in [0.1, 0.15) is 30.9 Å². The Hall–Kier alpha value is -1.71. The molecule has 0 aliphatic carbocycles. The maximum absolute atomic E-state index is 5.19. The average molecular weight is 364 g/mol. The number of rotatable bonds is 10. The van der Waals surface area contributed by atoms with Gasteiger partial charge in [0.1, 0.15) is 11.5 Å². The maximum Gasteiger partial charge on any atom is 0.118 e. The van der Waals surface area contributed by atoms with Gasteiger partial charge in [-0.25, -0.2) is 0 Å². The fourth-order valence-electron chi connectivity index (χ4n) is 2.71. The van der Waals surface area contributed by atoms with Gasteiger partial charge in [-0.3, -0.25) is 0 Å². The number of benzene rings is 2. The second kappa shape index (κ2) is 11.8. The third kappa shape index (κ3) is 7.80. The van der Waals surface area contributed by atoms with Crippen LogP contribution in [0.2, 0.25) is 0 Å². The Labute approximate surface area is 158 Å². The smallest absolute Gasteiger partial charge is 0.118 e. The number of methoxy groups -OCH3 is 2. The molecule has 0 saturated carbocycles. The number of hydrogen-bond acceptors (Lipinski definition) is 3. The van der Waals surface area contributed by atoms with Crippen molar-refractivity contribution in [3.63, 3.8) is 0 Å². The molecular formula is C21H30ClNO2. The molecule has 138 valence electrons. The first-order valence-corrected chi connectivity index (χ1v) is 8.70. The molecular weight excluding hydrogens is 334 g/mol. The first-order chi connectivity index (χ1) is 11.7. The lowest BCUT2D eigenvalue weighted by Gasteiger charge is -2.14.